The predicted molar refractivity (Wildman–Crippen MR) is 92.6 cm³/mol. The van der Waals surface area contributed by atoms with Gasteiger partial charge in [-0.1, -0.05) is 18.2 Å². The molecule has 0 aliphatic carbocycles. The second kappa shape index (κ2) is 7.11. The molecular formula is C17H23N5O2. The van der Waals surface area contributed by atoms with Crippen LogP contribution >= 0.6 is 0 Å². The fourth-order valence-electron chi connectivity index (χ4n) is 3.32. The number of aromatic nitrogens is 2. The Bertz CT molecular complexity index is 778. The average Bonchev–Trinajstić information content (AvgIpc) is 2.90. The SMILES string of the molecule is CC1NNC(C)C1CCCNC(=O)c1n[nH]c(=O)c2ccccc12. The lowest BCUT2D eigenvalue weighted by Gasteiger charge is -2.17. The lowest BCUT2D eigenvalue weighted by molar-refractivity contribution is 0.0948. The van der Waals surface area contributed by atoms with Crippen molar-refractivity contribution in [1.82, 2.24) is 26.4 Å². The molecule has 2 heterocycles. The minimum atomic E-state index is -0.286. The van der Waals surface area contributed by atoms with E-state index in [0.29, 0.717) is 35.3 Å². The van der Waals surface area contributed by atoms with Crippen LogP contribution in [0.5, 0.6) is 0 Å². The number of nitrogens with zero attached hydrogens (tertiary/aromatic N) is 1. The summed E-state index contributed by atoms with van der Waals surface area (Å²) in [5, 5.41) is 10.3. The zero-order chi connectivity index (χ0) is 17.1. The van der Waals surface area contributed by atoms with Gasteiger partial charge in [-0.2, -0.15) is 5.10 Å². The van der Waals surface area contributed by atoms with E-state index in [1.54, 1.807) is 24.3 Å². The predicted octanol–water partition coefficient (Wildman–Crippen LogP) is 0.934. The van der Waals surface area contributed by atoms with Crippen LogP contribution in [-0.4, -0.2) is 34.7 Å². The van der Waals surface area contributed by atoms with Crippen LogP contribution in [0.4, 0.5) is 0 Å². The number of benzene rings is 1. The van der Waals surface area contributed by atoms with Crippen molar-refractivity contribution in [2.45, 2.75) is 38.8 Å². The quantitative estimate of drug-likeness (QED) is 0.612. The van der Waals surface area contributed by atoms with Crippen molar-refractivity contribution in [2.24, 2.45) is 5.92 Å². The number of hydrogen-bond acceptors (Lipinski definition) is 5. The molecule has 1 fully saturated rings. The number of aromatic amines is 1. The number of hydrogen-bond donors (Lipinski definition) is 4. The lowest BCUT2D eigenvalue weighted by Crippen LogP contribution is -2.30. The third-order valence-electron chi connectivity index (χ3n) is 4.73. The third kappa shape index (κ3) is 3.32. The van der Waals surface area contributed by atoms with Crippen LogP contribution < -0.4 is 21.7 Å². The fraction of sp³-hybridized carbons (Fsp3) is 0.471. The summed E-state index contributed by atoms with van der Waals surface area (Å²) in [5.74, 6) is 0.292. The molecule has 24 heavy (non-hydrogen) atoms. The van der Waals surface area contributed by atoms with Gasteiger partial charge in [0.05, 0.1) is 5.39 Å². The smallest absolute Gasteiger partial charge is 0.272 e. The Morgan fingerprint density at radius 2 is 1.83 bits per heavy atom. The highest BCUT2D eigenvalue weighted by Crippen LogP contribution is 2.19. The van der Waals surface area contributed by atoms with E-state index >= 15 is 0 Å². The normalized spacial score (nSPS) is 23.5. The van der Waals surface area contributed by atoms with Crippen molar-refractivity contribution < 1.29 is 4.79 Å². The standard InChI is InChI=1S/C17H23N5O2/c1-10-12(11(2)20-19-10)8-5-9-18-17(24)15-13-6-3-4-7-14(13)16(23)22-21-15/h3-4,6-7,10-12,19-20H,5,8-9H2,1-2H3,(H,18,24)(H,22,23). The zero-order valence-electron chi connectivity index (χ0n) is 13.9. The molecule has 7 nitrogen and oxygen atoms in total. The molecule has 4 N–H and O–H groups in total. The largest absolute Gasteiger partial charge is 0.351 e. The zero-order valence-corrected chi connectivity index (χ0v) is 13.9. The third-order valence-corrected chi connectivity index (χ3v) is 4.73. The Labute approximate surface area is 140 Å². The second-order valence-electron chi connectivity index (χ2n) is 6.37. The molecule has 1 amide bonds. The van der Waals surface area contributed by atoms with Gasteiger partial charge >= 0.3 is 0 Å². The Morgan fingerprint density at radius 1 is 1.17 bits per heavy atom. The molecule has 0 radical (unpaired) electrons. The molecule has 1 saturated heterocycles. The van der Waals surface area contributed by atoms with E-state index < -0.39 is 0 Å². The lowest BCUT2D eigenvalue weighted by atomic mass is 9.92. The Kier molecular flexibility index (Phi) is 4.92. The van der Waals surface area contributed by atoms with E-state index in [-0.39, 0.29) is 17.2 Å². The maximum Gasteiger partial charge on any atom is 0.272 e. The first-order valence-electron chi connectivity index (χ1n) is 8.34. The minimum Gasteiger partial charge on any atom is -0.351 e. The van der Waals surface area contributed by atoms with Gasteiger partial charge in [-0.15, -0.1) is 0 Å². The van der Waals surface area contributed by atoms with Gasteiger partial charge in [0.25, 0.3) is 11.5 Å². The van der Waals surface area contributed by atoms with E-state index in [9.17, 15) is 9.59 Å². The average molecular weight is 329 g/mol. The minimum absolute atomic E-state index is 0.258. The molecule has 2 atom stereocenters. The maximum absolute atomic E-state index is 12.4. The van der Waals surface area contributed by atoms with Gasteiger partial charge in [0.1, 0.15) is 0 Å². The van der Waals surface area contributed by atoms with Gasteiger partial charge in [-0.05, 0) is 38.7 Å². The first-order chi connectivity index (χ1) is 11.6. The van der Waals surface area contributed by atoms with Crippen molar-refractivity contribution in [2.75, 3.05) is 6.54 Å². The summed E-state index contributed by atoms with van der Waals surface area (Å²) in [4.78, 5) is 24.1. The summed E-state index contributed by atoms with van der Waals surface area (Å²) in [7, 11) is 0. The molecule has 3 rings (SSSR count). The van der Waals surface area contributed by atoms with Crippen molar-refractivity contribution in [1.29, 1.82) is 0 Å². The molecule has 7 heteroatoms. The second-order valence-corrected chi connectivity index (χ2v) is 6.37. The fourth-order valence-corrected chi connectivity index (χ4v) is 3.32. The molecule has 2 aromatic rings. The summed E-state index contributed by atoms with van der Waals surface area (Å²) >= 11 is 0. The molecule has 1 aromatic heterocycles. The van der Waals surface area contributed by atoms with Crippen LogP contribution in [0.2, 0.25) is 0 Å². The number of nitrogens with one attached hydrogen (secondary N) is 4. The number of hydrazine groups is 1. The van der Waals surface area contributed by atoms with Gasteiger partial charge in [0.15, 0.2) is 5.69 Å². The first kappa shape index (κ1) is 16.6. The van der Waals surface area contributed by atoms with E-state index in [1.165, 1.54) is 0 Å². The summed E-state index contributed by atoms with van der Waals surface area (Å²) in [5.41, 5.74) is 6.45. The van der Waals surface area contributed by atoms with Gasteiger partial charge in [-0.25, -0.2) is 5.10 Å². The molecule has 0 saturated carbocycles. The van der Waals surface area contributed by atoms with Crippen LogP contribution in [0.3, 0.4) is 0 Å². The van der Waals surface area contributed by atoms with Crippen LogP contribution in [0.15, 0.2) is 29.1 Å². The highest BCUT2D eigenvalue weighted by molar-refractivity contribution is 6.04. The van der Waals surface area contributed by atoms with Gasteiger partial charge in [0.2, 0.25) is 0 Å². The Balaban J connectivity index is 1.60. The molecule has 0 bridgehead atoms. The van der Waals surface area contributed by atoms with Crippen molar-refractivity contribution in [3.63, 3.8) is 0 Å². The van der Waals surface area contributed by atoms with Crippen molar-refractivity contribution >= 4 is 16.7 Å². The van der Waals surface area contributed by atoms with E-state index in [2.05, 4.69) is 40.2 Å². The summed E-state index contributed by atoms with van der Waals surface area (Å²) in [6.45, 7) is 4.91. The highest BCUT2D eigenvalue weighted by atomic mass is 16.2. The molecule has 1 aliphatic rings. The molecule has 128 valence electrons. The number of fused-ring (bicyclic) bond motifs is 1. The molecule has 0 spiro atoms. The van der Waals surface area contributed by atoms with Crippen molar-refractivity contribution in [3.8, 4) is 0 Å². The van der Waals surface area contributed by atoms with Crippen LogP contribution in [0, 0.1) is 5.92 Å². The van der Waals surface area contributed by atoms with E-state index in [0.717, 1.165) is 12.8 Å². The van der Waals surface area contributed by atoms with Crippen LogP contribution in [-0.2, 0) is 0 Å². The summed E-state index contributed by atoms with van der Waals surface area (Å²) in [6.07, 6.45) is 1.93. The number of carbonyl (C=O) groups excluding carboxylic acids is 1. The number of H-pyrrole nitrogens is 1. The van der Waals surface area contributed by atoms with Crippen LogP contribution in [0.25, 0.3) is 10.8 Å². The maximum atomic E-state index is 12.4. The van der Waals surface area contributed by atoms with Gasteiger partial charge in [-0.3, -0.25) is 20.4 Å². The Morgan fingerprint density at radius 3 is 2.54 bits per heavy atom. The van der Waals surface area contributed by atoms with E-state index in [4.69, 9.17) is 0 Å². The number of amides is 1. The number of carbonyl (C=O) groups is 1. The molecular weight excluding hydrogens is 306 g/mol. The number of rotatable bonds is 5. The van der Waals surface area contributed by atoms with Gasteiger partial charge < -0.3 is 5.32 Å². The van der Waals surface area contributed by atoms with Crippen LogP contribution in [0.1, 0.15) is 37.2 Å². The first-order valence-corrected chi connectivity index (χ1v) is 8.34. The molecule has 1 aromatic carbocycles. The monoisotopic (exact) mass is 329 g/mol. The summed E-state index contributed by atoms with van der Waals surface area (Å²) in [6, 6.07) is 7.86. The van der Waals surface area contributed by atoms with Gasteiger partial charge in [0, 0.05) is 24.0 Å². The molecule has 1 aliphatic heterocycles. The topological polar surface area (TPSA) is 98.9 Å². The summed E-state index contributed by atoms with van der Waals surface area (Å²) < 4.78 is 0. The van der Waals surface area contributed by atoms with Crippen molar-refractivity contribution in [3.05, 3.63) is 40.3 Å². The van der Waals surface area contributed by atoms with E-state index in [1.807, 2.05) is 0 Å². The highest BCUT2D eigenvalue weighted by Gasteiger charge is 2.28. The molecule has 2 unspecified atom stereocenters. The Hall–Kier alpha value is -2.25.